The lowest BCUT2D eigenvalue weighted by atomic mass is 9.75. The fourth-order valence-corrected chi connectivity index (χ4v) is 3.85. The molecule has 0 saturated carbocycles. The van der Waals surface area contributed by atoms with E-state index in [9.17, 15) is 39.5 Å². The first-order valence-electron chi connectivity index (χ1n) is 11.9. The highest BCUT2D eigenvalue weighted by Crippen LogP contribution is 2.38. The predicted molar refractivity (Wildman–Crippen MR) is 125 cm³/mol. The number of aromatic nitrogens is 1. The van der Waals surface area contributed by atoms with E-state index in [0.29, 0.717) is 5.54 Å². The molecule has 2 aliphatic rings. The van der Waals surface area contributed by atoms with Crippen LogP contribution in [0.15, 0.2) is 24.5 Å². The zero-order valence-corrected chi connectivity index (χ0v) is 22.3. The van der Waals surface area contributed by atoms with Crippen LogP contribution in [0, 0.1) is 5.92 Å². The topological polar surface area (TPSA) is 140 Å². The van der Waals surface area contributed by atoms with Crippen LogP contribution in [-0.4, -0.2) is 112 Å². The molecule has 1 unspecified atom stereocenters. The summed E-state index contributed by atoms with van der Waals surface area (Å²) in [6.07, 6.45) is -8.87. The smallest absolute Gasteiger partial charge is 0.475 e. The average Bonchev–Trinajstić information content (AvgIpc) is 2.83. The van der Waals surface area contributed by atoms with Crippen LogP contribution in [0.1, 0.15) is 25.3 Å². The summed E-state index contributed by atoms with van der Waals surface area (Å²) in [4.78, 5) is 36.0. The second kappa shape index (κ2) is 16.4. The van der Waals surface area contributed by atoms with E-state index in [1.165, 1.54) is 38.0 Å². The zero-order chi connectivity index (χ0) is 32.9. The molecule has 2 fully saturated rings. The number of likely N-dealkylation sites (tertiary alicyclic amines) is 2. The first-order chi connectivity index (χ1) is 19.0. The maximum Gasteiger partial charge on any atom is 0.490 e. The number of alkyl halides is 9. The number of hydrogen-bond donors (Lipinski definition) is 3. The van der Waals surface area contributed by atoms with E-state index in [-0.39, 0.29) is 0 Å². The molecule has 1 atom stereocenters. The van der Waals surface area contributed by atoms with Crippen molar-refractivity contribution in [2.75, 3.05) is 39.9 Å². The second-order valence-corrected chi connectivity index (χ2v) is 9.08. The van der Waals surface area contributed by atoms with Gasteiger partial charge in [0.25, 0.3) is 0 Å². The summed E-state index contributed by atoms with van der Waals surface area (Å²) in [6, 6.07) is 4.19. The summed E-state index contributed by atoms with van der Waals surface area (Å²) in [5.74, 6) is -7.53. The molecule has 242 valence electrons. The van der Waals surface area contributed by atoms with Crippen molar-refractivity contribution >= 4 is 17.9 Å². The molecule has 3 rings (SSSR count). The number of piperidine rings is 1. The zero-order valence-electron chi connectivity index (χ0n) is 22.3. The number of pyridine rings is 1. The van der Waals surface area contributed by atoms with E-state index in [1.807, 2.05) is 18.5 Å². The number of ether oxygens (including phenoxy) is 1. The van der Waals surface area contributed by atoms with Gasteiger partial charge in [-0.05, 0) is 50.9 Å². The van der Waals surface area contributed by atoms with Crippen molar-refractivity contribution in [2.24, 2.45) is 5.92 Å². The van der Waals surface area contributed by atoms with Crippen molar-refractivity contribution in [1.82, 2.24) is 14.8 Å². The average molecular weight is 631 g/mol. The molecule has 0 aliphatic carbocycles. The van der Waals surface area contributed by atoms with Crippen LogP contribution in [0.5, 0.6) is 0 Å². The lowest BCUT2D eigenvalue weighted by molar-refractivity contribution is -0.193. The molecule has 0 bridgehead atoms. The van der Waals surface area contributed by atoms with Gasteiger partial charge < -0.3 is 20.1 Å². The standard InChI is InChI=1S/C17H27N3O.3C2HF3O2/c1-3-21-12-15-6-8-19(2)17(9-15)13-20(14-17)11-16-5-4-7-18-10-16;3*3-2(4,5)1(6)7/h4-5,7,10,15H,3,6,8-9,11-14H2,1-2H3;3*(H,6,7). The maximum atomic E-state index is 10.6. The van der Waals surface area contributed by atoms with Crippen LogP contribution in [0.25, 0.3) is 0 Å². The van der Waals surface area contributed by atoms with Gasteiger partial charge in [0.05, 0.1) is 0 Å². The molecule has 2 aliphatic heterocycles. The van der Waals surface area contributed by atoms with Gasteiger partial charge in [0.15, 0.2) is 0 Å². The highest BCUT2D eigenvalue weighted by molar-refractivity contribution is 5.73. The van der Waals surface area contributed by atoms with Gasteiger partial charge in [-0.3, -0.25) is 14.8 Å². The van der Waals surface area contributed by atoms with E-state index in [1.54, 1.807) is 0 Å². The van der Waals surface area contributed by atoms with E-state index in [4.69, 9.17) is 34.4 Å². The molecule has 1 aromatic heterocycles. The Kier molecular flexibility index (Phi) is 15.2. The Balaban J connectivity index is 0.000000660. The lowest BCUT2D eigenvalue weighted by Gasteiger charge is -2.58. The van der Waals surface area contributed by atoms with Crippen molar-refractivity contribution in [3.63, 3.8) is 0 Å². The number of likely N-dealkylation sites (N-methyl/N-ethyl adjacent to an activating group) is 1. The number of nitrogens with zero attached hydrogens (tertiary/aromatic N) is 3. The van der Waals surface area contributed by atoms with Gasteiger partial charge in [-0.2, -0.15) is 39.5 Å². The highest BCUT2D eigenvalue weighted by Gasteiger charge is 2.49. The predicted octanol–water partition coefficient (Wildman–Crippen LogP) is 3.91. The molecule has 42 heavy (non-hydrogen) atoms. The van der Waals surface area contributed by atoms with Crippen LogP contribution < -0.4 is 0 Å². The molecule has 3 N–H and O–H groups in total. The number of carboxylic acid groups (broad SMARTS) is 3. The molecule has 1 aromatic rings. The molecular formula is C23H30F9N3O7. The van der Waals surface area contributed by atoms with E-state index in [2.05, 4.69) is 34.8 Å². The van der Waals surface area contributed by atoms with Crippen LogP contribution in [-0.2, 0) is 25.7 Å². The number of halogens is 9. The van der Waals surface area contributed by atoms with Gasteiger partial charge in [-0.15, -0.1) is 0 Å². The van der Waals surface area contributed by atoms with Gasteiger partial charge in [0, 0.05) is 50.8 Å². The SMILES string of the molecule is CCOCC1CCN(C)C2(C1)CN(Cc1cccnc1)C2.O=C(O)C(F)(F)F.O=C(O)C(F)(F)F.O=C(O)C(F)(F)F. The van der Waals surface area contributed by atoms with E-state index < -0.39 is 36.4 Å². The van der Waals surface area contributed by atoms with Crippen molar-refractivity contribution in [3.8, 4) is 0 Å². The van der Waals surface area contributed by atoms with Crippen LogP contribution >= 0.6 is 0 Å². The molecule has 0 radical (unpaired) electrons. The lowest BCUT2D eigenvalue weighted by Crippen LogP contribution is -2.71. The largest absolute Gasteiger partial charge is 0.490 e. The third-order valence-electron chi connectivity index (χ3n) is 5.80. The Morgan fingerprint density at radius 1 is 0.952 bits per heavy atom. The van der Waals surface area contributed by atoms with Gasteiger partial charge in [-0.1, -0.05) is 6.07 Å². The summed E-state index contributed by atoms with van der Waals surface area (Å²) in [6.45, 7) is 8.46. The normalized spacial score (nSPS) is 18.6. The third kappa shape index (κ3) is 14.6. The van der Waals surface area contributed by atoms with Gasteiger partial charge in [-0.25, -0.2) is 14.4 Å². The van der Waals surface area contributed by atoms with Gasteiger partial charge >= 0.3 is 36.4 Å². The minimum Gasteiger partial charge on any atom is -0.475 e. The minimum atomic E-state index is -5.08. The monoisotopic (exact) mass is 631 g/mol. The van der Waals surface area contributed by atoms with Crippen molar-refractivity contribution in [1.29, 1.82) is 0 Å². The Bertz CT molecular complexity index is 925. The minimum absolute atomic E-state index is 0.391. The summed E-state index contributed by atoms with van der Waals surface area (Å²) in [5, 5.41) is 21.4. The first-order valence-corrected chi connectivity index (χ1v) is 11.9. The number of rotatable bonds is 5. The van der Waals surface area contributed by atoms with E-state index in [0.717, 1.165) is 25.7 Å². The molecule has 19 heteroatoms. The highest BCUT2D eigenvalue weighted by atomic mass is 19.4. The quantitative estimate of drug-likeness (QED) is 0.410. The fraction of sp³-hybridized carbons (Fsp3) is 0.652. The second-order valence-electron chi connectivity index (χ2n) is 9.08. The number of aliphatic carboxylic acids is 3. The van der Waals surface area contributed by atoms with Crippen molar-refractivity contribution < 1.29 is 74.0 Å². The summed E-state index contributed by atoms with van der Waals surface area (Å²) >= 11 is 0. The summed E-state index contributed by atoms with van der Waals surface area (Å²) in [5.41, 5.74) is 1.71. The van der Waals surface area contributed by atoms with Crippen LogP contribution in [0.3, 0.4) is 0 Å². The van der Waals surface area contributed by atoms with Crippen LogP contribution in [0.4, 0.5) is 39.5 Å². The van der Waals surface area contributed by atoms with Crippen molar-refractivity contribution in [2.45, 2.75) is 50.4 Å². The Labute approximate surface area is 233 Å². The Morgan fingerprint density at radius 3 is 1.76 bits per heavy atom. The maximum absolute atomic E-state index is 10.6. The molecule has 2 saturated heterocycles. The van der Waals surface area contributed by atoms with Gasteiger partial charge in [0.2, 0.25) is 0 Å². The third-order valence-corrected chi connectivity index (χ3v) is 5.80. The summed E-state index contributed by atoms with van der Waals surface area (Å²) in [7, 11) is 2.29. The fourth-order valence-electron chi connectivity index (χ4n) is 3.85. The molecule has 1 spiro atoms. The molecule has 0 aromatic carbocycles. The number of carbonyl (C=O) groups is 3. The van der Waals surface area contributed by atoms with E-state index >= 15 is 0 Å². The number of carboxylic acids is 3. The summed E-state index contributed by atoms with van der Waals surface area (Å²) < 4.78 is 101. The van der Waals surface area contributed by atoms with Crippen LogP contribution in [0.2, 0.25) is 0 Å². The molecule has 3 heterocycles. The Morgan fingerprint density at radius 2 is 1.40 bits per heavy atom. The number of hydrogen-bond acceptors (Lipinski definition) is 7. The molecule has 0 amide bonds. The molecular weight excluding hydrogens is 601 g/mol. The van der Waals surface area contributed by atoms with Crippen molar-refractivity contribution in [3.05, 3.63) is 30.1 Å². The Hall–Kier alpha value is -3.19. The first kappa shape index (κ1) is 38.8. The molecule has 10 nitrogen and oxygen atoms in total. The van der Waals surface area contributed by atoms with Gasteiger partial charge in [0.1, 0.15) is 0 Å².